The molecule has 0 saturated heterocycles. The Labute approximate surface area is 115 Å². The molecule has 2 aromatic rings. The van der Waals surface area contributed by atoms with Crippen LogP contribution in [-0.4, -0.2) is 11.8 Å². The first-order valence-corrected chi connectivity index (χ1v) is 6.01. The summed E-state index contributed by atoms with van der Waals surface area (Å²) in [4.78, 5) is 35.4. The van der Waals surface area contributed by atoms with Crippen LogP contribution in [0.3, 0.4) is 0 Å². The van der Waals surface area contributed by atoms with Gasteiger partial charge in [0.1, 0.15) is 0 Å². The van der Waals surface area contributed by atoms with E-state index < -0.39 is 11.4 Å². The number of ketones is 1. The monoisotopic (exact) mass is 268 g/mol. The fourth-order valence-corrected chi connectivity index (χ4v) is 1.67. The maximum absolute atomic E-state index is 12.1. The molecule has 0 bridgehead atoms. The summed E-state index contributed by atoms with van der Waals surface area (Å²) in [6.45, 7) is 1.29. The van der Waals surface area contributed by atoms with Gasteiger partial charge in [-0.15, -0.1) is 0 Å². The van der Waals surface area contributed by atoms with Crippen LogP contribution < -0.4 is 10.2 Å². The van der Waals surface area contributed by atoms with Crippen LogP contribution in [0.1, 0.15) is 27.6 Å². The number of carbonyl (C=O) groups is 2. The molecule has 100 valence electrons. The summed E-state index contributed by atoms with van der Waals surface area (Å²) in [7, 11) is 0. The lowest BCUT2D eigenvalue weighted by atomic mass is 10.2. The molecule has 2 aromatic carbocycles. The Morgan fingerprint density at radius 1 is 0.900 bits per heavy atom. The van der Waals surface area contributed by atoms with Gasteiger partial charge in [-0.05, 0) is 31.2 Å². The van der Waals surface area contributed by atoms with Crippen LogP contribution in [0.2, 0.25) is 0 Å². The van der Waals surface area contributed by atoms with Crippen LogP contribution in [0.25, 0.3) is 0 Å². The van der Waals surface area contributed by atoms with Crippen molar-refractivity contribution in [2.75, 3.05) is 0 Å². The van der Waals surface area contributed by atoms with Crippen LogP contribution in [-0.2, 0) is 0 Å². The lowest BCUT2D eigenvalue weighted by Crippen LogP contribution is -2.17. The fourth-order valence-electron chi connectivity index (χ4n) is 1.67. The predicted octanol–water partition coefficient (Wildman–Crippen LogP) is 2.47. The quantitative estimate of drug-likeness (QED) is 0.633. The Balaban J connectivity index is 2.38. The number of carbonyl (C=O) groups excluding carboxylic acids is 2. The summed E-state index contributed by atoms with van der Waals surface area (Å²) in [5.41, 5.74) is -0.263. The Bertz CT molecular complexity index is 705. The third kappa shape index (κ3) is 2.98. The molecule has 4 heteroatoms. The standard InChI is InChI=1S/C16H12O4/c1-11(17)13-9-5-6-10-14(15(13)18)20-16(19)12-7-3-2-4-8-12/h2-10H,1H3. The number of Topliss-reactive ketones (excluding diaryl/α,β-unsaturated/α-hetero) is 1. The number of benzene rings is 1. The van der Waals surface area contributed by atoms with Gasteiger partial charge in [0.05, 0.1) is 11.1 Å². The minimum Gasteiger partial charge on any atom is -0.419 e. The zero-order valence-corrected chi connectivity index (χ0v) is 10.8. The smallest absolute Gasteiger partial charge is 0.343 e. The van der Waals surface area contributed by atoms with Crippen LogP contribution in [0.15, 0.2) is 59.4 Å². The highest BCUT2D eigenvalue weighted by atomic mass is 16.5. The first kappa shape index (κ1) is 13.7. The molecular weight excluding hydrogens is 256 g/mol. The second-order valence-corrected chi connectivity index (χ2v) is 4.14. The summed E-state index contributed by atoms with van der Waals surface area (Å²) >= 11 is 0. The van der Waals surface area contributed by atoms with Crippen molar-refractivity contribution in [2.45, 2.75) is 6.92 Å². The molecule has 0 saturated carbocycles. The fraction of sp³-hybridized carbons (Fsp3) is 0.0625. The summed E-state index contributed by atoms with van der Waals surface area (Å²) in [5.74, 6) is -1.17. The number of rotatable bonds is 3. The predicted molar refractivity (Wildman–Crippen MR) is 74.1 cm³/mol. The van der Waals surface area contributed by atoms with E-state index in [1.807, 2.05) is 0 Å². The summed E-state index contributed by atoms with van der Waals surface area (Å²) in [6, 6.07) is 14.2. The van der Waals surface area contributed by atoms with Crippen molar-refractivity contribution >= 4 is 11.8 Å². The van der Waals surface area contributed by atoms with Gasteiger partial charge in [-0.25, -0.2) is 4.79 Å². The molecule has 0 radical (unpaired) electrons. The van der Waals surface area contributed by atoms with E-state index in [0.29, 0.717) is 5.56 Å². The van der Waals surface area contributed by atoms with Crippen LogP contribution in [0, 0.1) is 0 Å². The van der Waals surface area contributed by atoms with E-state index in [2.05, 4.69) is 0 Å². The zero-order valence-electron chi connectivity index (χ0n) is 10.8. The molecule has 0 amide bonds. The highest BCUT2D eigenvalue weighted by molar-refractivity contribution is 5.95. The van der Waals surface area contributed by atoms with Crippen molar-refractivity contribution in [3.8, 4) is 5.75 Å². The molecule has 0 unspecified atom stereocenters. The molecule has 0 atom stereocenters. The van der Waals surface area contributed by atoms with Crippen LogP contribution >= 0.6 is 0 Å². The lowest BCUT2D eigenvalue weighted by Gasteiger charge is -2.02. The van der Waals surface area contributed by atoms with Crippen molar-refractivity contribution in [3.05, 3.63) is 75.9 Å². The summed E-state index contributed by atoms with van der Waals surface area (Å²) in [5, 5.41) is 0. The van der Waals surface area contributed by atoms with Crippen molar-refractivity contribution in [2.24, 2.45) is 0 Å². The van der Waals surface area contributed by atoms with E-state index in [-0.39, 0.29) is 17.1 Å². The topological polar surface area (TPSA) is 60.4 Å². The van der Waals surface area contributed by atoms with E-state index in [4.69, 9.17) is 4.74 Å². The number of esters is 1. The van der Waals surface area contributed by atoms with Gasteiger partial charge in [-0.2, -0.15) is 0 Å². The molecule has 0 heterocycles. The van der Waals surface area contributed by atoms with Gasteiger partial charge in [0, 0.05) is 0 Å². The average molecular weight is 268 g/mol. The Kier molecular flexibility index (Phi) is 4.05. The number of ether oxygens (including phenoxy) is 1. The maximum Gasteiger partial charge on any atom is 0.343 e. The van der Waals surface area contributed by atoms with Crippen molar-refractivity contribution in [1.29, 1.82) is 0 Å². The molecule has 0 aliphatic carbocycles. The second kappa shape index (κ2) is 5.93. The van der Waals surface area contributed by atoms with Crippen LogP contribution in [0.4, 0.5) is 0 Å². The first-order chi connectivity index (χ1) is 9.59. The van der Waals surface area contributed by atoms with E-state index in [0.717, 1.165) is 0 Å². The number of hydrogen-bond acceptors (Lipinski definition) is 4. The molecule has 0 aromatic heterocycles. The average Bonchev–Trinajstić information content (AvgIpc) is 2.62. The second-order valence-electron chi connectivity index (χ2n) is 4.14. The minimum absolute atomic E-state index is 0.00846. The Morgan fingerprint density at radius 3 is 2.15 bits per heavy atom. The van der Waals surface area contributed by atoms with E-state index >= 15 is 0 Å². The maximum atomic E-state index is 12.1. The van der Waals surface area contributed by atoms with E-state index in [9.17, 15) is 14.4 Å². The molecule has 20 heavy (non-hydrogen) atoms. The van der Waals surface area contributed by atoms with Crippen molar-refractivity contribution < 1.29 is 14.3 Å². The molecule has 0 aliphatic rings. The third-order valence-corrected chi connectivity index (χ3v) is 2.68. The highest BCUT2D eigenvalue weighted by Gasteiger charge is 2.13. The van der Waals surface area contributed by atoms with E-state index in [1.54, 1.807) is 42.5 Å². The minimum atomic E-state index is -0.636. The van der Waals surface area contributed by atoms with Gasteiger partial charge >= 0.3 is 5.97 Å². The van der Waals surface area contributed by atoms with Gasteiger partial charge in [0.2, 0.25) is 5.43 Å². The zero-order chi connectivity index (χ0) is 14.5. The van der Waals surface area contributed by atoms with Crippen LogP contribution in [0.5, 0.6) is 5.75 Å². The molecule has 0 spiro atoms. The Morgan fingerprint density at radius 2 is 1.50 bits per heavy atom. The highest BCUT2D eigenvalue weighted by Crippen LogP contribution is 2.08. The summed E-state index contributed by atoms with van der Waals surface area (Å²) in [6.07, 6.45) is 0. The molecule has 0 N–H and O–H groups in total. The largest absolute Gasteiger partial charge is 0.419 e. The van der Waals surface area contributed by atoms with Gasteiger partial charge in [0.25, 0.3) is 0 Å². The van der Waals surface area contributed by atoms with Gasteiger partial charge < -0.3 is 4.74 Å². The van der Waals surface area contributed by atoms with E-state index in [1.165, 1.54) is 19.1 Å². The first-order valence-electron chi connectivity index (χ1n) is 6.01. The Hall–Kier alpha value is -2.75. The molecule has 2 rings (SSSR count). The van der Waals surface area contributed by atoms with Gasteiger partial charge in [-0.3, -0.25) is 9.59 Å². The molecule has 0 aliphatic heterocycles. The molecular formula is C16H12O4. The normalized spacial score (nSPS) is 9.85. The van der Waals surface area contributed by atoms with Gasteiger partial charge in [-0.1, -0.05) is 30.3 Å². The lowest BCUT2D eigenvalue weighted by molar-refractivity contribution is 0.0732. The van der Waals surface area contributed by atoms with Gasteiger partial charge in [0.15, 0.2) is 11.5 Å². The van der Waals surface area contributed by atoms with Crippen molar-refractivity contribution in [1.82, 2.24) is 0 Å². The molecule has 4 nitrogen and oxygen atoms in total. The van der Waals surface area contributed by atoms with Crippen molar-refractivity contribution in [3.63, 3.8) is 0 Å². The molecule has 0 fully saturated rings. The summed E-state index contributed by atoms with van der Waals surface area (Å²) < 4.78 is 5.08. The third-order valence-electron chi connectivity index (χ3n) is 2.68. The SMILES string of the molecule is CC(=O)c1ccccc(OC(=O)c2ccccc2)c1=O. The number of hydrogen-bond donors (Lipinski definition) is 0.